The van der Waals surface area contributed by atoms with Gasteiger partial charge in [0, 0.05) is 26.2 Å². The summed E-state index contributed by atoms with van der Waals surface area (Å²) in [4.78, 5) is 0. The Morgan fingerprint density at radius 3 is 2.25 bits per heavy atom. The van der Waals surface area contributed by atoms with Crippen LogP contribution in [0.15, 0.2) is 0 Å². The Labute approximate surface area is 123 Å². The predicted molar refractivity (Wildman–Crippen MR) is 79.5 cm³/mol. The number of rotatable bonds is 2. The maximum Gasteiger partial charge on any atom is 0.281 e. The van der Waals surface area contributed by atoms with Crippen LogP contribution < -0.4 is 0 Å². The van der Waals surface area contributed by atoms with Crippen LogP contribution in [0.4, 0.5) is 0 Å². The largest absolute Gasteiger partial charge is 0.390 e. The van der Waals surface area contributed by atoms with Gasteiger partial charge in [-0.3, -0.25) is 0 Å². The summed E-state index contributed by atoms with van der Waals surface area (Å²) in [6.45, 7) is 8.23. The van der Waals surface area contributed by atoms with Crippen LogP contribution in [0.25, 0.3) is 0 Å². The number of piperidine rings is 1. The Hall–Kier alpha value is -0.170. The zero-order chi connectivity index (χ0) is 15.0. The fourth-order valence-electron chi connectivity index (χ4n) is 3.43. The fourth-order valence-corrected chi connectivity index (χ4v) is 5.32. The van der Waals surface area contributed by atoms with E-state index in [1.807, 2.05) is 0 Å². The van der Waals surface area contributed by atoms with E-state index in [0.717, 1.165) is 12.8 Å². The van der Waals surface area contributed by atoms with Crippen molar-refractivity contribution in [3.63, 3.8) is 0 Å². The second-order valence-corrected chi connectivity index (χ2v) is 8.95. The highest BCUT2D eigenvalue weighted by Gasteiger charge is 2.37. The molecule has 118 valence electrons. The highest BCUT2D eigenvalue weighted by Crippen LogP contribution is 2.28. The van der Waals surface area contributed by atoms with E-state index in [-0.39, 0.29) is 0 Å². The third kappa shape index (κ3) is 3.72. The monoisotopic (exact) mass is 304 g/mol. The lowest BCUT2D eigenvalue weighted by Gasteiger charge is -2.37. The van der Waals surface area contributed by atoms with Crippen molar-refractivity contribution in [1.82, 2.24) is 8.61 Å². The van der Waals surface area contributed by atoms with E-state index in [1.54, 1.807) is 15.5 Å². The Balaban J connectivity index is 2.09. The molecule has 5 nitrogen and oxygen atoms in total. The minimum absolute atomic E-state index is 0.420. The SMILES string of the molecule is CC1CC(C)CN(S(=O)(=O)N2CCCC(C)(O)CC2)C1. The van der Waals surface area contributed by atoms with Crippen molar-refractivity contribution in [3.05, 3.63) is 0 Å². The lowest BCUT2D eigenvalue weighted by Crippen LogP contribution is -2.50. The van der Waals surface area contributed by atoms with E-state index in [2.05, 4.69) is 13.8 Å². The van der Waals surface area contributed by atoms with E-state index in [4.69, 9.17) is 0 Å². The van der Waals surface area contributed by atoms with E-state index in [0.29, 0.717) is 50.9 Å². The van der Waals surface area contributed by atoms with Gasteiger partial charge in [-0.25, -0.2) is 0 Å². The minimum Gasteiger partial charge on any atom is -0.390 e. The summed E-state index contributed by atoms with van der Waals surface area (Å²) in [6, 6.07) is 0. The molecular weight excluding hydrogens is 276 g/mol. The average Bonchev–Trinajstić information content (AvgIpc) is 2.49. The second-order valence-electron chi connectivity index (χ2n) is 7.02. The van der Waals surface area contributed by atoms with Gasteiger partial charge in [-0.05, 0) is 44.4 Å². The number of nitrogens with zero attached hydrogens (tertiary/aromatic N) is 2. The summed E-state index contributed by atoms with van der Waals surface area (Å²) < 4.78 is 28.7. The molecule has 3 unspecified atom stereocenters. The average molecular weight is 304 g/mol. The summed E-state index contributed by atoms with van der Waals surface area (Å²) in [5.41, 5.74) is -0.729. The van der Waals surface area contributed by atoms with Gasteiger partial charge in [0.2, 0.25) is 0 Å². The Morgan fingerprint density at radius 1 is 1.05 bits per heavy atom. The zero-order valence-corrected chi connectivity index (χ0v) is 13.7. The molecule has 2 heterocycles. The van der Waals surface area contributed by atoms with E-state index >= 15 is 0 Å². The second kappa shape index (κ2) is 5.91. The smallest absolute Gasteiger partial charge is 0.281 e. The molecule has 2 rings (SSSR count). The third-order valence-electron chi connectivity index (χ3n) is 4.51. The predicted octanol–water partition coefficient (Wildman–Crippen LogP) is 1.45. The first-order chi connectivity index (χ1) is 9.21. The van der Waals surface area contributed by atoms with Gasteiger partial charge >= 0.3 is 0 Å². The van der Waals surface area contributed by atoms with Gasteiger partial charge in [-0.15, -0.1) is 0 Å². The van der Waals surface area contributed by atoms with Crippen LogP contribution in [0.5, 0.6) is 0 Å². The molecule has 0 bridgehead atoms. The fraction of sp³-hybridized carbons (Fsp3) is 1.00. The molecule has 0 aromatic carbocycles. The summed E-state index contributed by atoms with van der Waals surface area (Å²) in [7, 11) is -3.37. The molecule has 6 heteroatoms. The van der Waals surface area contributed by atoms with Gasteiger partial charge in [0.25, 0.3) is 10.2 Å². The molecule has 3 atom stereocenters. The van der Waals surface area contributed by atoms with E-state index in [9.17, 15) is 13.5 Å². The summed E-state index contributed by atoms with van der Waals surface area (Å²) in [6.07, 6.45) is 3.02. The molecule has 0 amide bonds. The van der Waals surface area contributed by atoms with Gasteiger partial charge in [0.15, 0.2) is 0 Å². The molecule has 2 saturated heterocycles. The maximum atomic E-state index is 12.8. The van der Waals surface area contributed by atoms with Crippen molar-refractivity contribution < 1.29 is 13.5 Å². The Morgan fingerprint density at radius 2 is 1.65 bits per heavy atom. The summed E-state index contributed by atoms with van der Waals surface area (Å²) >= 11 is 0. The molecule has 0 saturated carbocycles. The minimum atomic E-state index is -3.37. The summed E-state index contributed by atoms with van der Waals surface area (Å²) in [5.74, 6) is 0.840. The standard InChI is InChI=1S/C14H28N2O3S/c1-12-9-13(2)11-16(10-12)20(18,19)15-7-4-5-14(3,17)6-8-15/h12-13,17H,4-11H2,1-3H3. The topological polar surface area (TPSA) is 60.9 Å². The summed E-state index contributed by atoms with van der Waals surface area (Å²) in [5, 5.41) is 10.1. The van der Waals surface area contributed by atoms with Gasteiger partial charge < -0.3 is 5.11 Å². The molecule has 2 aliphatic heterocycles. The van der Waals surface area contributed by atoms with Crippen LogP contribution in [0.3, 0.4) is 0 Å². The van der Waals surface area contributed by atoms with Gasteiger partial charge in [-0.1, -0.05) is 13.8 Å². The molecule has 0 radical (unpaired) electrons. The Kier molecular flexibility index (Phi) is 4.79. The quantitative estimate of drug-likeness (QED) is 0.840. The van der Waals surface area contributed by atoms with Gasteiger partial charge in [0.05, 0.1) is 5.60 Å². The molecule has 2 aliphatic rings. The first-order valence-corrected chi connectivity index (χ1v) is 9.08. The number of aliphatic hydroxyl groups is 1. The van der Waals surface area contributed by atoms with Crippen molar-refractivity contribution in [1.29, 1.82) is 0 Å². The molecular formula is C14H28N2O3S. The van der Waals surface area contributed by atoms with Crippen molar-refractivity contribution in [2.75, 3.05) is 26.2 Å². The lowest BCUT2D eigenvalue weighted by molar-refractivity contribution is 0.0463. The van der Waals surface area contributed by atoms with Crippen molar-refractivity contribution in [2.45, 2.75) is 52.1 Å². The first kappa shape index (κ1) is 16.2. The van der Waals surface area contributed by atoms with Crippen LogP contribution in [-0.2, 0) is 10.2 Å². The van der Waals surface area contributed by atoms with Crippen molar-refractivity contribution in [3.8, 4) is 0 Å². The molecule has 2 fully saturated rings. The van der Waals surface area contributed by atoms with Crippen molar-refractivity contribution >= 4 is 10.2 Å². The number of hydrogen-bond acceptors (Lipinski definition) is 3. The normalized spacial score (nSPS) is 38.6. The van der Waals surface area contributed by atoms with Crippen LogP contribution in [0, 0.1) is 11.8 Å². The molecule has 20 heavy (non-hydrogen) atoms. The van der Waals surface area contributed by atoms with Crippen LogP contribution in [0.2, 0.25) is 0 Å². The zero-order valence-electron chi connectivity index (χ0n) is 12.9. The highest BCUT2D eigenvalue weighted by molar-refractivity contribution is 7.86. The molecule has 0 aliphatic carbocycles. The Bertz CT molecular complexity index is 426. The van der Waals surface area contributed by atoms with Crippen molar-refractivity contribution in [2.24, 2.45) is 11.8 Å². The van der Waals surface area contributed by atoms with Crippen LogP contribution in [0.1, 0.15) is 46.5 Å². The molecule has 1 N–H and O–H groups in total. The molecule has 0 aromatic heterocycles. The lowest BCUT2D eigenvalue weighted by atomic mass is 9.94. The van der Waals surface area contributed by atoms with Gasteiger partial charge in [-0.2, -0.15) is 17.0 Å². The van der Waals surface area contributed by atoms with E-state index in [1.165, 1.54) is 0 Å². The van der Waals surface area contributed by atoms with E-state index < -0.39 is 15.8 Å². The van der Waals surface area contributed by atoms with Crippen LogP contribution in [-0.4, -0.2) is 53.9 Å². The number of hydrogen-bond donors (Lipinski definition) is 1. The highest BCUT2D eigenvalue weighted by atomic mass is 32.2. The third-order valence-corrected chi connectivity index (χ3v) is 6.48. The van der Waals surface area contributed by atoms with Gasteiger partial charge in [0.1, 0.15) is 0 Å². The van der Waals surface area contributed by atoms with Crippen LogP contribution >= 0.6 is 0 Å². The molecule has 0 aromatic rings. The first-order valence-electron chi connectivity index (χ1n) is 7.68. The molecule has 0 spiro atoms. The maximum absolute atomic E-state index is 12.8.